The third-order valence-electron chi connectivity index (χ3n) is 5.08. The maximum Gasteiger partial charge on any atom is 0.328 e. The van der Waals surface area contributed by atoms with E-state index in [2.05, 4.69) is 47.7 Å². The molecule has 1 aromatic rings. The Bertz CT molecular complexity index is 822. The van der Waals surface area contributed by atoms with Crippen LogP contribution in [-0.2, 0) is 4.79 Å². The molecule has 1 aromatic heterocycles. The summed E-state index contributed by atoms with van der Waals surface area (Å²) in [7, 11) is 0. The minimum absolute atomic E-state index is 0.127. The number of carbonyl (C=O) groups is 1. The maximum atomic E-state index is 10.6. The molecule has 1 aliphatic carbocycles. The van der Waals surface area contributed by atoms with E-state index in [1.54, 1.807) is 25.7 Å². The molecule has 2 rings (SSSR count). The number of carboxylic acid groups (broad SMARTS) is 1. The number of nitrogens with zero attached hydrogens (tertiary/aromatic N) is 3. The van der Waals surface area contributed by atoms with Crippen LogP contribution in [0.3, 0.4) is 0 Å². The Balaban J connectivity index is 0.00000204. The van der Waals surface area contributed by atoms with Gasteiger partial charge in [0, 0.05) is 6.08 Å². The lowest BCUT2D eigenvalue weighted by Crippen LogP contribution is -2.25. The van der Waals surface area contributed by atoms with Crippen LogP contribution in [-0.4, -0.2) is 25.8 Å². The third kappa shape index (κ3) is 7.33. The zero-order valence-electron chi connectivity index (χ0n) is 18.8. The van der Waals surface area contributed by atoms with Gasteiger partial charge in [0.1, 0.15) is 12.7 Å². The summed E-state index contributed by atoms with van der Waals surface area (Å²) in [5, 5.41) is 16.6. The summed E-state index contributed by atoms with van der Waals surface area (Å²) in [5.74, 6) is -0.928. The highest BCUT2D eigenvalue weighted by molar-refractivity contribution is 5.81. The summed E-state index contributed by atoms with van der Waals surface area (Å²) in [6.07, 6.45) is 17.0. The van der Waals surface area contributed by atoms with E-state index in [0.29, 0.717) is 11.6 Å². The van der Waals surface area contributed by atoms with Crippen LogP contribution in [0.2, 0.25) is 0 Å². The number of hydrogen-bond acceptors (Lipinski definition) is 3. The van der Waals surface area contributed by atoms with Crippen molar-refractivity contribution in [3.05, 3.63) is 71.4 Å². The van der Waals surface area contributed by atoms with Gasteiger partial charge in [0.25, 0.3) is 0 Å². The van der Waals surface area contributed by atoms with E-state index in [-0.39, 0.29) is 5.41 Å². The summed E-state index contributed by atoms with van der Waals surface area (Å²) in [6.45, 7) is 14.6. The van der Waals surface area contributed by atoms with Crippen LogP contribution in [0.1, 0.15) is 67.3 Å². The van der Waals surface area contributed by atoms with Gasteiger partial charge in [-0.2, -0.15) is 0 Å². The fourth-order valence-electron chi connectivity index (χ4n) is 3.53. The zero-order chi connectivity index (χ0) is 22.0. The van der Waals surface area contributed by atoms with Gasteiger partial charge in [-0.05, 0) is 55.7 Å². The molecule has 1 unspecified atom stereocenters. The van der Waals surface area contributed by atoms with Gasteiger partial charge < -0.3 is 9.67 Å². The fraction of sp³-hybridized carbons (Fsp3) is 0.458. The lowest BCUT2D eigenvalue weighted by Gasteiger charge is -2.37. The van der Waals surface area contributed by atoms with Crippen molar-refractivity contribution in [2.45, 2.75) is 67.3 Å². The molecule has 0 amide bonds. The fourth-order valence-corrected chi connectivity index (χ4v) is 3.53. The Morgan fingerprint density at radius 2 is 1.79 bits per heavy atom. The smallest absolute Gasteiger partial charge is 0.328 e. The predicted molar refractivity (Wildman–Crippen MR) is 120 cm³/mol. The quantitative estimate of drug-likeness (QED) is 0.467. The highest BCUT2D eigenvalue weighted by atomic mass is 16.4. The standard InChI is InChI=1S/C22H29N3O2.C2H6/c1-16(7-6-8-17(2)13-21(26)27)9-10-19-18(3)20(11-12-22(19,4)5)25-14-23-24-15-25;1-2/h6-10,13-15,20H,11-12H2,1-5H3,(H,26,27);1-2H3/b8-6+,10-9+,16-7+,17-13+;. The van der Waals surface area contributed by atoms with Crippen molar-refractivity contribution < 1.29 is 9.90 Å². The predicted octanol–water partition coefficient (Wildman–Crippen LogP) is 6.07. The molecular weight excluding hydrogens is 362 g/mol. The Hall–Kier alpha value is -2.69. The summed E-state index contributed by atoms with van der Waals surface area (Å²) in [4.78, 5) is 10.6. The van der Waals surface area contributed by atoms with Gasteiger partial charge in [-0.25, -0.2) is 4.79 Å². The molecule has 0 bridgehead atoms. The third-order valence-corrected chi connectivity index (χ3v) is 5.08. The first-order chi connectivity index (χ1) is 13.7. The lowest BCUT2D eigenvalue weighted by atomic mass is 9.71. The normalized spacial score (nSPS) is 20.2. The van der Waals surface area contributed by atoms with Crippen molar-refractivity contribution >= 4 is 5.97 Å². The number of aliphatic carboxylic acids is 1. The van der Waals surface area contributed by atoms with E-state index in [1.807, 2.05) is 32.9 Å². The van der Waals surface area contributed by atoms with Crippen LogP contribution in [0.15, 0.2) is 71.4 Å². The van der Waals surface area contributed by atoms with Crippen molar-refractivity contribution in [2.24, 2.45) is 5.41 Å². The van der Waals surface area contributed by atoms with Gasteiger partial charge in [-0.15, -0.1) is 10.2 Å². The van der Waals surface area contributed by atoms with E-state index in [4.69, 9.17) is 5.11 Å². The minimum Gasteiger partial charge on any atom is -0.478 e. The van der Waals surface area contributed by atoms with Gasteiger partial charge in [-0.3, -0.25) is 0 Å². The molecule has 5 nitrogen and oxygen atoms in total. The van der Waals surface area contributed by atoms with Crippen LogP contribution in [0.4, 0.5) is 0 Å². The molecule has 0 fully saturated rings. The van der Waals surface area contributed by atoms with Gasteiger partial charge in [0.15, 0.2) is 0 Å². The second-order valence-electron chi connectivity index (χ2n) is 7.77. The second-order valence-corrected chi connectivity index (χ2v) is 7.77. The summed E-state index contributed by atoms with van der Waals surface area (Å²) < 4.78 is 2.08. The first-order valence-corrected chi connectivity index (χ1v) is 10.2. The van der Waals surface area contributed by atoms with Crippen LogP contribution >= 0.6 is 0 Å². The van der Waals surface area contributed by atoms with E-state index in [1.165, 1.54) is 17.2 Å². The average Bonchev–Trinajstić information content (AvgIpc) is 3.16. The SMILES string of the molecule is CC.CC1=C(/C=C/C(C)=C/C=C/C(C)=C/C(=O)O)C(C)(C)CCC1n1cnnc1. The number of carboxylic acids is 1. The highest BCUT2D eigenvalue weighted by Gasteiger charge is 2.32. The molecule has 1 aliphatic rings. The first kappa shape index (κ1) is 24.3. The Morgan fingerprint density at radius 1 is 1.17 bits per heavy atom. The number of hydrogen-bond donors (Lipinski definition) is 1. The van der Waals surface area contributed by atoms with Crippen LogP contribution in [0, 0.1) is 5.41 Å². The molecule has 0 saturated heterocycles. The monoisotopic (exact) mass is 397 g/mol. The van der Waals surface area contributed by atoms with Crippen molar-refractivity contribution in [2.75, 3.05) is 0 Å². The van der Waals surface area contributed by atoms with E-state index >= 15 is 0 Å². The van der Waals surface area contributed by atoms with Crippen molar-refractivity contribution in [1.29, 1.82) is 0 Å². The molecule has 0 radical (unpaired) electrons. The molecule has 158 valence electrons. The van der Waals surface area contributed by atoms with Gasteiger partial charge >= 0.3 is 5.97 Å². The first-order valence-electron chi connectivity index (χ1n) is 10.2. The molecule has 0 saturated carbocycles. The average molecular weight is 398 g/mol. The molecule has 1 N–H and O–H groups in total. The molecule has 5 heteroatoms. The highest BCUT2D eigenvalue weighted by Crippen LogP contribution is 2.45. The van der Waals surface area contributed by atoms with E-state index in [0.717, 1.165) is 18.4 Å². The summed E-state index contributed by atoms with van der Waals surface area (Å²) in [6, 6.07) is 0.306. The molecule has 0 spiro atoms. The topological polar surface area (TPSA) is 68.0 Å². The molecule has 0 aromatic carbocycles. The largest absolute Gasteiger partial charge is 0.478 e. The Labute approximate surface area is 175 Å². The zero-order valence-corrected chi connectivity index (χ0v) is 18.8. The van der Waals surface area contributed by atoms with Gasteiger partial charge in [0.05, 0.1) is 6.04 Å². The van der Waals surface area contributed by atoms with Crippen LogP contribution in [0.5, 0.6) is 0 Å². The number of rotatable bonds is 6. The number of allylic oxidation sites excluding steroid dienone is 9. The van der Waals surface area contributed by atoms with Crippen molar-refractivity contribution in [3.63, 3.8) is 0 Å². The molecule has 29 heavy (non-hydrogen) atoms. The molecular formula is C24H35N3O2. The molecule has 0 aliphatic heterocycles. The van der Waals surface area contributed by atoms with Gasteiger partial charge in [0.2, 0.25) is 0 Å². The Morgan fingerprint density at radius 3 is 2.38 bits per heavy atom. The van der Waals surface area contributed by atoms with E-state index < -0.39 is 5.97 Å². The Kier molecular flexibility index (Phi) is 9.53. The molecule has 1 heterocycles. The van der Waals surface area contributed by atoms with Gasteiger partial charge in [-0.1, -0.05) is 63.6 Å². The van der Waals surface area contributed by atoms with Crippen LogP contribution in [0.25, 0.3) is 0 Å². The molecule has 1 atom stereocenters. The summed E-state index contributed by atoms with van der Waals surface area (Å²) in [5.41, 5.74) is 4.65. The van der Waals surface area contributed by atoms with Crippen molar-refractivity contribution in [1.82, 2.24) is 14.8 Å². The lowest BCUT2D eigenvalue weighted by molar-refractivity contribution is -0.131. The van der Waals surface area contributed by atoms with E-state index in [9.17, 15) is 4.79 Å². The minimum atomic E-state index is -0.928. The van der Waals surface area contributed by atoms with Crippen molar-refractivity contribution in [3.8, 4) is 0 Å². The number of aromatic nitrogens is 3. The van der Waals surface area contributed by atoms with Crippen LogP contribution < -0.4 is 0 Å². The second kappa shape index (κ2) is 11.3. The maximum absolute atomic E-state index is 10.6. The summed E-state index contributed by atoms with van der Waals surface area (Å²) >= 11 is 0.